The third-order valence-corrected chi connectivity index (χ3v) is 6.09. The van der Waals surface area contributed by atoms with Crippen LogP contribution >= 0.6 is 0 Å². The number of carbonyl (C=O) groups excluding carboxylic acids is 1. The molecule has 2 aromatic carbocycles. The molecule has 1 amide bonds. The number of aliphatic imine (C=N–C) groups is 1. The highest BCUT2D eigenvalue weighted by Crippen LogP contribution is 2.29. The molecule has 0 aromatic heterocycles. The van der Waals surface area contributed by atoms with Crippen LogP contribution in [0.4, 0.5) is 5.69 Å². The van der Waals surface area contributed by atoms with E-state index in [4.69, 9.17) is 11.5 Å². The zero-order chi connectivity index (χ0) is 23.2. The Morgan fingerprint density at radius 3 is 2.35 bits per heavy atom. The fourth-order valence-electron chi connectivity index (χ4n) is 3.32. The van der Waals surface area contributed by atoms with Crippen molar-refractivity contribution in [2.45, 2.75) is 43.7 Å². The van der Waals surface area contributed by atoms with Crippen molar-refractivity contribution in [3.8, 4) is 0 Å². The number of rotatable bonds is 10. The SMILES string of the molecule is CC(C)N[C@@H](CCCN=C(N)NS(=O)(=O)c1cccc2c(N(C)C)cccc12)C(N)=O. The second kappa shape index (κ2) is 10.5. The minimum absolute atomic E-state index is 0.117. The standard InChI is InChI=1S/C21H32N6O3S/c1-14(2)25-17(20(22)28)10-7-13-24-21(23)26-31(29,30)19-12-6-8-15-16(19)9-5-11-18(15)27(3)4/h5-6,8-9,11-12,14,17,25H,7,10,13H2,1-4H3,(H2,22,28)(H3,23,24,26)/t17-/m0/s1. The molecular weight excluding hydrogens is 416 g/mol. The van der Waals surface area contributed by atoms with Crippen molar-refractivity contribution < 1.29 is 13.2 Å². The number of fused-ring (bicyclic) bond motifs is 1. The number of nitrogens with one attached hydrogen (secondary N) is 2. The van der Waals surface area contributed by atoms with Crippen molar-refractivity contribution in [2.24, 2.45) is 16.5 Å². The number of hydrogen-bond acceptors (Lipinski definition) is 6. The number of amides is 1. The average molecular weight is 449 g/mol. The summed E-state index contributed by atoms with van der Waals surface area (Å²) in [4.78, 5) is 17.6. The van der Waals surface area contributed by atoms with Crippen molar-refractivity contribution >= 4 is 38.3 Å². The average Bonchev–Trinajstić information content (AvgIpc) is 2.68. The lowest BCUT2D eigenvalue weighted by Gasteiger charge is -2.17. The van der Waals surface area contributed by atoms with Crippen LogP contribution in [0.15, 0.2) is 46.3 Å². The Hall–Kier alpha value is -2.85. The number of anilines is 1. The van der Waals surface area contributed by atoms with Crippen LogP contribution in [-0.2, 0) is 14.8 Å². The summed E-state index contributed by atoms with van der Waals surface area (Å²) in [7, 11) is -0.120. The Balaban J connectivity index is 2.12. The Labute approximate surface area is 183 Å². The fourth-order valence-corrected chi connectivity index (χ4v) is 4.49. The van der Waals surface area contributed by atoms with E-state index in [-0.39, 0.29) is 23.4 Å². The molecular formula is C21H32N6O3S. The van der Waals surface area contributed by atoms with Crippen LogP contribution in [0.5, 0.6) is 0 Å². The van der Waals surface area contributed by atoms with Gasteiger partial charge in [0, 0.05) is 43.1 Å². The number of carbonyl (C=O) groups is 1. The highest BCUT2D eigenvalue weighted by molar-refractivity contribution is 7.90. The monoisotopic (exact) mass is 448 g/mol. The lowest BCUT2D eigenvalue weighted by Crippen LogP contribution is -2.44. The van der Waals surface area contributed by atoms with E-state index in [1.54, 1.807) is 12.1 Å². The molecule has 0 unspecified atom stereocenters. The number of hydrogen-bond donors (Lipinski definition) is 4. The summed E-state index contributed by atoms with van der Waals surface area (Å²) in [6.07, 6.45) is 1.00. The number of primary amides is 1. The van der Waals surface area contributed by atoms with Crippen molar-refractivity contribution in [2.75, 3.05) is 25.5 Å². The lowest BCUT2D eigenvalue weighted by molar-refractivity contribution is -0.120. The van der Waals surface area contributed by atoms with Gasteiger partial charge in [0.2, 0.25) is 11.9 Å². The Morgan fingerprint density at radius 2 is 1.74 bits per heavy atom. The molecule has 0 radical (unpaired) electrons. The van der Waals surface area contributed by atoms with E-state index in [0.29, 0.717) is 18.2 Å². The minimum Gasteiger partial charge on any atom is -0.377 e. The summed E-state index contributed by atoms with van der Waals surface area (Å²) in [5.74, 6) is -0.632. The lowest BCUT2D eigenvalue weighted by atomic mass is 10.1. The number of sulfonamides is 1. The van der Waals surface area contributed by atoms with E-state index in [1.165, 1.54) is 6.07 Å². The largest absolute Gasteiger partial charge is 0.377 e. The van der Waals surface area contributed by atoms with E-state index in [0.717, 1.165) is 11.1 Å². The summed E-state index contributed by atoms with van der Waals surface area (Å²) in [6, 6.07) is 10.3. The third kappa shape index (κ3) is 6.56. The van der Waals surface area contributed by atoms with Crippen molar-refractivity contribution in [3.63, 3.8) is 0 Å². The predicted molar refractivity (Wildman–Crippen MR) is 126 cm³/mol. The Kier molecular flexibility index (Phi) is 8.23. The van der Waals surface area contributed by atoms with Gasteiger partial charge in [-0.3, -0.25) is 9.79 Å². The molecule has 0 saturated heterocycles. The van der Waals surface area contributed by atoms with Crippen molar-refractivity contribution in [3.05, 3.63) is 36.4 Å². The van der Waals surface area contributed by atoms with Gasteiger partial charge >= 0.3 is 0 Å². The summed E-state index contributed by atoms with van der Waals surface area (Å²) in [6.45, 7) is 4.11. The highest BCUT2D eigenvalue weighted by Gasteiger charge is 2.19. The van der Waals surface area contributed by atoms with Crippen LogP contribution in [0.3, 0.4) is 0 Å². The molecule has 0 aliphatic rings. The molecule has 6 N–H and O–H groups in total. The second-order valence-corrected chi connectivity index (χ2v) is 9.46. The minimum atomic E-state index is -3.92. The summed E-state index contributed by atoms with van der Waals surface area (Å²) in [5.41, 5.74) is 12.1. The van der Waals surface area contributed by atoms with Crippen LogP contribution < -0.4 is 26.4 Å². The maximum Gasteiger partial charge on any atom is 0.264 e. The predicted octanol–water partition coefficient (Wildman–Crippen LogP) is 1.13. The summed E-state index contributed by atoms with van der Waals surface area (Å²) in [5, 5.41) is 4.50. The quantitative estimate of drug-likeness (QED) is 0.244. The maximum atomic E-state index is 12.9. The molecule has 0 fully saturated rings. The number of nitrogens with two attached hydrogens (primary N) is 2. The van der Waals surface area contributed by atoms with Crippen LogP contribution in [0.1, 0.15) is 26.7 Å². The van der Waals surface area contributed by atoms with Gasteiger partial charge in [0.1, 0.15) is 0 Å². The van der Waals surface area contributed by atoms with Gasteiger partial charge in [0.05, 0.1) is 10.9 Å². The van der Waals surface area contributed by atoms with Crippen LogP contribution in [0.2, 0.25) is 0 Å². The van der Waals surface area contributed by atoms with Gasteiger partial charge in [-0.1, -0.05) is 38.1 Å². The molecule has 170 valence electrons. The van der Waals surface area contributed by atoms with Gasteiger partial charge in [0.25, 0.3) is 10.0 Å². The molecule has 1 atom stereocenters. The van der Waals surface area contributed by atoms with Crippen molar-refractivity contribution in [1.29, 1.82) is 0 Å². The van der Waals surface area contributed by atoms with Gasteiger partial charge in [-0.2, -0.15) is 0 Å². The zero-order valence-corrected chi connectivity index (χ0v) is 19.2. The normalized spacial score (nSPS) is 13.4. The van der Waals surface area contributed by atoms with E-state index in [1.807, 2.05) is 51.0 Å². The molecule has 9 nitrogen and oxygen atoms in total. The van der Waals surface area contributed by atoms with E-state index in [2.05, 4.69) is 15.0 Å². The smallest absolute Gasteiger partial charge is 0.264 e. The molecule has 0 spiro atoms. The molecule has 0 heterocycles. The van der Waals surface area contributed by atoms with Gasteiger partial charge in [-0.15, -0.1) is 0 Å². The van der Waals surface area contributed by atoms with E-state index < -0.39 is 22.0 Å². The fraction of sp³-hybridized carbons (Fsp3) is 0.429. The number of nitrogens with zero attached hydrogens (tertiary/aromatic N) is 2. The molecule has 0 saturated carbocycles. The number of benzene rings is 2. The zero-order valence-electron chi connectivity index (χ0n) is 18.4. The molecule has 0 bridgehead atoms. The van der Waals surface area contributed by atoms with E-state index >= 15 is 0 Å². The van der Waals surface area contributed by atoms with Crippen LogP contribution in [-0.4, -0.2) is 53.0 Å². The highest BCUT2D eigenvalue weighted by atomic mass is 32.2. The topological polar surface area (TPSA) is 143 Å². The molecule has 2 rings (SSSR count). The molecule has 10 heteroatoms. The third-order valence-electron chi connectivity index (χ3n) is 4.68. The van der Waals surface area contributed by atoms with Crippen LogP contribution in [0.25, 0.3) is 10.8 Å². The first-order chi connectivity index (χ1) is 14.5. The summed E-state index contributed by atoms with van der Waals surface area (Å²) < 4.78 is 28.2. The van der Waals surface area contributed by atoms with Gasteiger partial charge < -0.3 is 21.7 Å². The Morgan fingerprint density at radius 1 is 1.10 bits per heavy atom. The molecule has 0 aliphatic heterocycles. The van der Waals surface area contributed by atoms with Gasteiger partial charge in [-0.25, -0.2) is 13.1 Å². The van der Waals surface area contributed by atoms with Crippen molar-refractivity contribution in [1.82, 2.24) is 10.0 Å². The van der Waals surface area contributed by atoms with E-state index in [9.17, 15) is 13.2 Å². The van der Waals surface area contributed by atoms with Gasteiger partial charge in [0.15, 0.2) is 0 Å². The first kappa shape index (κ1) is 24.4. The summed E-state index contributed by atoms with van der Waals surface area (Å²) >= 11 is 0. The first-order valence-electron chi connectivity index (χ1n) is 10.1. The number of guanidine groups is 1. The molecule has 31 heavy (non-hydrogen) atoms. The molecule has 0 aliphatic carbocycles. The maximum absolute atomic E-state index is 12.9. The molecule has 2 aromatic rings. The second-order valence-electron chi connectivity index (χ2n) is 7.81. The first-order valence-corrected chi connectivity index (χ1v) is 11.6. The van der Waals surface area contributed by atoms with Gasteiger partial charge in [-0.05, 0) is 25.0 Å². The van der Waals surface area contributed by atoms with Crippen LogP contribution in [0, 0.1) is 0 Å². The Bertz CT molecular complexity index is 1050.